The smallest absolute Gasteiger partial charge is 0.282 e. The average Bonchev–Trinajstić information content (AvgIpc) is 2.39. The van der Waals surface area contributed by atoms with Gasteiger partial charge in [-0.1, -0.05) is 0 Å². The Labute approximate surface area is 116 Å². The van der Waals surface area contributed by atoms with E-state index in [0.717, 1.165) is 12.1 Å². The van der Waals surface area contributed by atoms with Gasteiger partial charge in [0.15, 0.2) is 0 Å². The van der Waals surface area contributed by atoms with E-state index < -0.39 is 10.8 Å². The predicted molar refractivity (Wildman–Crippen MR) is 72.8 cm³/mol. The number of amides is 1. The van der Waals surface area contributed by atoms with Crippen LogP contribution >= 0.6 is 0 Å². The Bertz CT molecular complexity index is 504. The molecular weight excluding hydrogens is 264 g/mol. The van der Waals surface area contributed by atoms with Crippen molar-refractivity contribution in [2.24, 2.45) is 0 Å². The largest absolute Gasteiger partial charge is 0.508 e. The fourth-order valence-corrected chi connectivity index (χ4v) is 2.00. The third kappa shape index (κ3) is 3.45. The summed E-state index contributed by atoms with van der Waals surface area (Å²) >= 11 is 0. The van der Waals surface area contributed by atoms with Gasteiger partial charge in [0.2, 0.25) is 0 Å². The van der Waals surface area contributed by atoms with Gasteiger partial charge in [-0.15, -0.1) is 0 Å². The van der Waals surface area contributed by atoms with E-state index in [1.807, 2.05) is 0 Å². The Hall–Kier alpha value is -2.15. The molecule has 1 N–H and O–H groups in total. The lowest BCUT2D eigenvalue weighted by Gasteiger charge is -2.27. The molecule has 1 amide bonds. The molecule has 0 saturated carbocycles. The lowest BCUT2D eigenvalue weighted by molar-refractivity contribution is -0.385. The zero-order valence-corrected chi connectivity index (χ0v) is 11.7. The van der Waals surface area contributed by atoms with E-state index in [2.05, 4.69) is 0 Å². The molecule has 0 aromatic heterocycles. The quantitative estimate of drug-likeness (QED) is 0.634. The maximum atomic E-state index is 12.4. The minimum Gasteiger partial charge on any atom is -0.508 e. The van der Waals surface area contributed by atoms with E-state index in [-0.39, 0.29) is 23.0 Å². The Morgan fingerprint density at radius 1 is 1.55 bits per heavy atom. The maximum Gasteiger partial charge on any atom is 0.282 e. The number of methoxy groups -OCH3 is 1. The summed E-state index contributed by atoms with van der Waals surface area (Å²) in [5, 5.41) is 20.4. The van der Waals surface area contributed by atoms with Gasteiger partial charge in [-0.05, 0) is 26.0 Å². The molecule has 0 aliphatic rings. The number of rotatable bonds is 6. The van der Waals surface area contributed by atoms with Crippen molar-refractivity contribution in [2.75, 3.05) is 20.3 Å². The van der Waals surface area contributed by atoms with E-state index in [1.54, 1.807) is 13.8 Å². The summed E-state index contributed by atoms with van der Waals surface area (Å²) in [5.41, 5.74) is -0.448. The summed E-state index contributed by atoms with van der Waals surface area (Å²) < 4.78 is 5.00. The number of phenols is 1. The highest BCUT2D eigenvalue weighted by Crippen LogP contribution is 2.25. The third-order valence-electron chi connectivity index (χ3n) is 2.95. The van der Waals surface area contributed by atoms with Gasteiger partial charge in [-0.2, -0.15) is 0 Å². The van der Waals surface area contributed by atoms with Crippen molar-refractivity contribution < 1.29 is 19.6 Å². The molecule has 20 heavy (non-hydrogen) atoms. The number of benzene rings is 1. The molecule has 0 fully saturated rings. The fourth-order valence-electron chi connectivity index (χ4n) is 2.00. The summed E-state index contributed by atoms with van der Waals surface area (Å²) in [4.78, 5) is 24.2. The Balaban J connectivity index is 3.18. The van der Waals surface area contributed by atoms with Gasteiger partial charge in [-0.25, -0.2) is 0 Å². The molecule has 0 aliphatic heterocycles. The Morgan fingerprint density at radius 2 is 2.20 bits per heavy atom. The molecule has 110 valence electrons. The molecule has 7 nitrogen and oxygen atoms in total. The fraction of sp³-hybridized carbons (Fsp3) is 0.462. The van der Waals surface area contributed by atoms with Gasteiger partial charge < -0.3 is 14.7 Å². The van der Waals surface area contributed by atoms with Gasteiger partial charge in [0.1, 0.15) is 11.3 Å². The van der Waals surface area contributed by atoms with Crippen LogP contribution in [0.4, 0.5) is 5.69 Å². The number of hydrogen-bond acceptors (Lipinski definition) is 5. The van der Waals surface area contributed by atoms with Crippen LogP contribution in [0.25, 0.3) is 0 Å². The van der Waals surface area contributed by atoms with E-state index in [0.29, 0.717) is 13.2 Å². The van der Waals surface area contributed by atoms with E-state index in [1.165, 1.54) is 18.1 Å². The summed E-state index contributed by atoms with van der Waals surface area (Å²) in [7, 11) is 1.52. The summed E-state index contributed by atoms with van der Waals surface area (Å²) in [6.45, 7) is 4.28. The monoisotopic (exact) mass is 282 g/mol. The molecule has 1 unspecified atom stereocenters. The second-order valence-electron chi connectivity index (χ2n) is 4.35. The zero-order chi connectivity index (χ0) is 15.3. The first-order chi connectivity index (χ1) is 9.42. The molecule has 1 aromatic carbocycles. The first kappa shape index (κ1) is 15.9. The van der Waals surface area contributed by atoms with Crippen molar-refractivity contribution in [3.63, 3.8) is 0 Å². The highest BCUT2D eigenvalue weighted by molar-refractivity contribution is 5.98. The lowest BCUT2D eigenvalue weighted by atomic mass is 10.1. The van der Waals surface area contributed by atoms with Crippen LogP contribution in [-0.4, -0.2) is 47.1 Å². The van der Waals surface area contributed by atoms with Crippen molar-refractivity contribution in [1.82, 2.24) is 4.90 Å². The maximum absolute atomic E-state index is 12.4. The number of phenolic OH excluding ortho intramolecular Hbond substituents is 1. The number of nitro benzene ring substituents is 1. The van der Waals surface area contributed by atoms with Crippen molar-refractivity contribution in [2.45, 2.75) is 19.9 Å². The number of aromatic hydroxyl groups is 1. The van der Waals surface area contributed by atoms with Crippen LogP contribution < -0.4 is 0 Å². The number of ether oxygens (including phenoxy) is 1. The predicted octanol–water partition coefficient (Wildman–Crippen LogP) is 1.80. The van der Waals surface area contributed by atoms with Crippen LogP contribution in [0.1, 0.15) is 24.2 Å². The molecule has 7 heteroatoms. The number of carbonyl (C=O) groups excluding carboxylic acids is 1. The van der Waals surface area contributed by atoms with Gasteiger partial charge in [-0.3, -0.25) is 14.9 Å². The average molecular weight is 282 g/mol. The summed E-state index contributed by atoms with van der Waals surface area (Å²) in [6, 6.07) is 3.20. The minimum atomic E-state index is -0.637. The Morgan fingerprint density at radius 3 is 2.70 bits per heavy atom. The molecule has 0 heterocycles. The van der Waals surface area contributed by atoms with E-state index >= 15 is 0 Å². The number of carbonyl (C=O) groups is 1. The van der Waals surface area contributed by atoms with Crippen LogP contribution in [0.3, 0.4) is 0 Å². The van der Waals surface area contributed by atoms with Gasteiger partial charge in [0, 0.05) is 19.7 Å². The van der Waals surface area contributed by atoms with Crippen LogP contribution in [0.5, 0.6) is 5.75 Å². The van der Waals surface area contributed by atoms with Crippen molar-refractivity contribution in [1.29, 1.82) is 0 Å². The number of nitro groups is 1. The van der Waals surface area contributed by atoms with Crippen LogP contribution in [0.15, 0.2) is 18.2 Å². The van der Waals surface area contributed by atoms with Crippen LogP contribution in [0.2, 0.25) is 0 Å². The standard InChI is InChI=1S/C13H18N2O5/c1-4-14(9(2)8-20-3)13(17)11-7-10(16)5-6-12(11)15(18)19/h5-7,9,16H,4,8H2,1-3H3. The van der Waals surface area contributed by atoms with E-state index in [4.69, 9.17) is 4.74 Å². The number of hydrogen-bond donors (Lipinski definition) is 1. The van der Waals surface area contributed by atoms with Crippen LogP contribution in [-0.2, 0) is 4.74 Å². The molecule has 0 radical (unpaired) electrons. The van der Waals surface area contributed by atoms with Crippen molar-refractivity contribution in [3.8, 4) is 5.75 Å². The third-order valence-corrected chi connectivity index (χ3v) is 2.95. The second kappa shape index (κ2) is 6.85. The summed E-state index contributed by atoms with van der Waals surface area (Å²) in [5.74, 6) is -0.686. The molecule has 0 bridgehead atoms. The van der Waals surface area contributed by atoms with Gasteiger partial charge in [0.05, 0.1) is 17.6 Å². The SMILES string of the molecule is CCN(C(=O)c1cc(O)ccc1[N+](=O)[O-])C(C)COC. The molecule has 1 rings (SSSR count). The van der Waals surface area contributed by atoms with Gasteiger partial charge >= 0.3 is 0 Å². The number of nitrogens with zero attached hydrogens (tertiary/aromatic N) is 2. The molecule has 0 aliphatic carbocycles. The first-order valence-electron chi connectivity index (χ1n) is 6.19. The lowest BCUT2D eigenvalue weighted by Crippen LogP contribution is -2.41. The first-order valence-corrected chi connectivity index (χ1v) is 6.19. The number of likely N-dealkylation sites (N-methyl/N-ethyl adjacent to an activating group) is 1. The molecule has 0 spiro atoms. The minimum absolute atomic E-state index is 0.125. The van der Waals surface area contributed by atoms with Crippen LogP contribution in [0, 0.1) is 10.1 Å². The molecule has 1 aromatic rings. The topological polar surface area (TPSA) is 92.9 Å². The van der Waals surface area contributed by atoms with Crippen molar-refractivity contribution >= 4 is 11.6 Å². The highest BCUT2D eigenvalue weighted by atomic mass is 16.6. The molecule has 1 atom stereocenters. The molecule has 0 saturated heterocycles. The Kier molecular flexibility index (Phi) is 5.45. The van der Waals surface area contributed by atoms with E-state index in [9.17, 15) is 20.0 Å². The van der Waals surface area contributed by atoms with Crippen molar-refractivity contribution in [3.05, 3.63) is 33.9 Å². The second-order valence-corrected chi connectivity index (χ2v) is 4.35. The zero-order valence-electron chi connectivity index (χ0n) is 11.7. The van der Waals surface area contributed by atoms with Gasteiger partial charge in [0.25, 0.3) is 11.6 Å². The normalized spacial score (nSPS) is 11.9. The molecular formula is C13H18N2O5. The highest BCUT2D eigenvalue weighted by Gasteiger charge is 2.27. The summed E-state index contributed by atoms with van der Waals surface area (Å²) in [6.07, 6.45) is 0.